The van der Waals surface area contributed by atoms with Gasteiger partial charge in [-0.15, -0.1) is 0 Å². The Kier molecular flexibility index (Phi) is 4.41. The van der Waals surface area contributed by atoms with Crippen LogP contribution < -0.4 is 0 Å². The second-order valence-corrected chi connectivity index (χ2v) is 8.55. The van der Waals surface area contributed by atoms with Gasteiger partial charge in [-0.05, 0) is 20.3 Å². The zero-order valence-electron chi connectivity index (χ0n) is 13.4. The number of nitrogens with zero attached hydrogens (tertiary/aromatic N) is 4. The molecular formula is C14H22N4O4S. The number of rotatable bonds is 3. The summed E-state index contributed by atoms with van der Waals surface area (Å²) in [5.74, 6) is 0.961. The number of aromatic nitrogens is 2. The number of carbonyl (C=O) groups excluding carboxylic acids is 1. The molecule has 3 heterocycles. The summed E-state index contributed by atoms with van der Waals surface area (Å²) in [5.41, 5.74) is 0. The van der Waals surface area contributed by atoms with Crippen LogP contribution >= 0.6 is 0 Å². The Morgan fingerprint density at radius 3 is 2.52 bits per heavy atom. The molecule has 128 valence electrons. The molecule has 8 nitrogen and oxygen atoms in total. The van der Waals surface area contributed by atoms with Crippen molar-refractivity contribution in [2.24, 2.45) is 5.92 Å². The highest BCUT2D eigenvalue weighted by atomic mass is 32.2. The molecule has 0 bridgehead atoms. The van der Waals surface area contributed by atoms with E-state index in [0.717, 1.165) is 0 Å². The van der Waals surface area contributed by atoms with Crippen molar-refractivity contribution in [1.29, 1.82) is 0 Å². The SMILES string of the molecule is Cc1noc([C@@H](C)N2CCN(C(=O)[C@H]3CCS(=O)(=O)C3)CC2)n1. The van der Waals surface area contributed by atoms with Crippen LogP contribution in [0.25, 0.3) is 0 Å². The third-order valence-corrected chi connectivity index (χ3v) is 6.42. The molecule has 2 atom stereocenters. The number of sulfone groups is 1. The smallest absolute Gasteiger partial charge is 0.243 e. The first-order valence-corrected chi connectivity index (χ1v) is 9.71. The predicted octanol–water partition coefficient (Wildman–Crippen LogP) is 0.0179. The van der Waals surface area contributed by atoms with Gasteiger partial charge in [0.1, 0.15) is 0 Å². The third-order valence-electron chi connectivity index (χ3n) is 4.66. The Morgan fingerprint density at radius 2 is 2.00 bits per heavy atom. The predicted molar refractivity (Wildman–Crippen MR) is 82.4 cm³/mol. The van der Waals surface area contributed by atoms with Gasteiger partial charge in [-0.1, -0.05) is 5.16 Å². The van der Waals surface area contributed by atoms with Crippen LogP contribution in [0, 0.1) is 12.8 Å². The first-order valence-electron chi connectivity index (χ1n) is 7.89. The zero-order chi connectivity index (χ0) is 16.6. The highest BCUT2D eigenvalue weighted by Crippen LogP contribution is 2.24. The van der Waals surface area contributed by atoms with E-state index in [9.17, 15) is 13.2 Å². The van der Waals surface area contributed by atoms with Gasteiger partial charge in [-0.2, -0.15) is 4.98 Å². The minimum atomic E-state index is -3.02. The van der Waals surface area contributed by atoms with Crippen molar-refractivity contribution in [3.63, 3.8) is 0 Å². The van der Waals surface area contributed by atoms with E-state index in [1.54, 1.807) is 11.8 Å². The molecule has 1 aromatic rings. The molecule has 23 heavy (non-hydrogen) atoms. The Bertz CT molecular complexity index is 679. The fraction of sp³-hybridized carbons (Fsp3) is 0.786. The van der Waals surface area contributed by atoms with Crippen LogP contribution in [0.1, 0.15) is 31.1 Å². The molecule has 0 spiro atoms. The molecule has 9 heteroatoms. The molecule has 0 N–H and O–H groups in total. The van der Waals surface area contributed by atoms with E-state index < -0.39 is 9.84 Å². The Morgan fingerprint density at radius 1 is 1.30 bits per heavy atom. The van der Waals surface area contributed by atoms with E-state index in [-0.39, 0.29) is 29.4 Å². The van der Waals surface area contributed by atoms with E-state index in [1.807, 2.05) is 6.92 Å². The first kappa shape index (κ1) is 16.4. The maximum atomic E-state index is 12.4. The quantitative estimate of drug-likeness (QED) is 0.764. The van der Waals surface area contributed by atoms with Gasteiger partial charge in [0.25, 0.3) is 0 Å². The zero-order valence-corrected chi connectivity index (χ0v) is 14.3. The summed E-state index contributed by atoms with van der Waals surface area (Å²) in [6.45, 7) is 6.43. The van der Waals surface area contributed by atoms with Crippen LogP contribution in [0.15, 0.2) is 4.52 Å². The van der Waals surface area contributed by atoms with Crippen LogP contribution in [0.4, 0.5) is 0 Å². The number of piperazine rings is 1. The molecule has 0 saturated carbocycles. The Hall–Kier alpha value is -1.48. The summed E-state index contributed by atoms with van der Waals surface area (Å²) in [7, 11) is -3.02. The normalized spacial score (nSPS) is 26.3. The number of carbonyl (C=O) groups is 1. The number of hydrogen-bond donors (Lipinski definition) is 0. The van der Waals surface area contributed by atoms with Crippen molar-refractivity contribution >= 4 is 15.7 Å². The first-order chi connectivity index (χ1) is 10.9. The minimum absolute atomic E-state index is 0.00368. The van der Waals surface area contributed by atoms with Gasteiger partial charge >= 0.3 is 0 Å². The highest BCUT2D eigenvalue weighted by molar-refractivity contribution is 7.91. The highest BCUT2D eigenvalue weighted by Gasteiger charge is 2.36. The fourth-order valence-electron chi connectivity index (χ4n) is 3.22. The van der Waals surface area contributed by atoms with E-state index in [0.29, 0.717) is 44.3 Å². The molecule has 2 fully saturated rings. The average molecular weight is 342 g/mol. The fourth-order valence-corrected chi connectivity index (χ4v) is 4.95. The van der Waals surface area contributed by atoms with E-state index in [4.69, 9.17) is 4.52 Å². The second kappa shape index (κ2) is 6.20. The van der Waals surface area contributed by atoms with Crippen LogP contribution in [-0.2, 0) is 14.6 Å². The van der Waals surface area contributed by atoms with Crippen molar-refractivity contribution in [2.75, 3.05) is 37.7 Å². The maximum absolute atomic E-state index is 12.4. The molecule has 0 unspecified atom stereocenters. The van der Waals surface area contributed by atoms with Crippen LogP contribution in [-0.4, -0.2) is 72.0 Å². The van der Waals surface area contributed by atoms with Crippen molar-refractivity contribution < 1.29 is 17.7 Å². The van der Waals surface area contributed by atoms with E-state index in [2.05, 4.69) is 15.0 Å². The Labute approximate surface area is 135 Å². The van der Waals surface area contributed by atoms with Gasteiger partial charge in [-0.25, -0.2) is 8.42 Å². The molecule has 1 aromatic heterocycles. The minimum Gasteiger partial charge on any atom is -0.340 e. The third kappa shape index (κ3) is 3.55. The standard InChI is InChI=1S/C14H22N4O4S/c1-10(13-15-11(2)16-22-13)17-4-6-18(7-5-17)14(19)12-3-8-23(20,21)9-12/h10,12H,3-9H2,1-2H3/t10-,12+/m1/s1. The molecule has 3 rings (SSSR count). The lowest BCUT2D eigenvalue weighted by Gasteiger charge is -2.37. The molecule has 1 amide bonds. The number of hydrogen-bond acceptors (Lipinski definition) is 7. The monoisotopic (exact) mass is 342 g/mol. The van der Waals surface area contributed by atoms with Gasteiger partial charge in [0.2, 0.25) is 11.8 Å². The van der Waals surface area contributed by atoms with Crippen LogP contribution in [0.3, 0.4) is 0 Å². The van der Waals surface area contributed by atoms with E-state index >= 15 is 0 Å². The largest absolute Gasteiger partial charge is 0.340 e. The summed E-state index contributed by atoms with van der Waals surface area (Å²) in [6.07, 6.45) is 0.457. The molecule has 2 aliphatic heterocycles. The van der Waals surface area contributed by atoms with E-state index in [1.165, 1.54) is 0 Å². The number of aryl methyl sites for hydroxylation is 1. The van der Waals surface area contributed by atoms with Crippen molar-refractivity contribution in [3.05, 3.63) is 11.7 Å². The molecule has 0 aliphatic carbocycles. The average Bonchev–Trinajstić information content (AvgIpc) is 3.11. The molecule has 2 saturated heterocycles. The van der Waals surface area contributed by atoms with Gasteiger partial charge in [0, 0.05) is 26.2 Å². The maximum Gasteiger partial charge on any atom is 0.243 e. The van der Waals surface area contributed by atoms with Gasteiger partial charge in [0.05, 0.1) is 23.5 Å². The summed E-state index contributed by atoms with van der Waals surface area (Å²) in [4.78, 5) is 20.7. The second-order valence-electron chi connectivity index (χ2n) is 6.32. The number of amides is 1. The lowest BCUT2D eigenvalue weighted by Crippen LogP contribution is -2.51. The summed E-state index contributed by atoms with van der Waals surface area (Å²) in [5, 5.41) is 3.81. The summed E-state index contributed by atoms with van der Waals surface area (Å²) < 4.78 is 28.3. The van der Waals surface area contributed by atoms with Crippen LogP contribution in [0.5, 0.6) is 0 Å². The molecular weight excluding hydrogens is 320 g/mol. The topological polar surface area (TPSA) is 96.6 Å². The molecule has 0 aromatic carbocycles. The van der Waals surface area contributed by atoms with Crippen molar-refractivity contribution in [1.82, 2.24) is 19.9 Å². The summed E-state index contributed by atoms with van der Waals surface area (Å²) >= 11 is 0. The van der Waals surface area contributed by atoms with Crippen molar-refractivity contribution in [2.45, 2.75) is 26.3 Å². The van der Waals surface area contributed by atoms with Gasteiger partial charge in [-0.3, -0.25) is 9.69 Å². The molecule has 0 radical (unpaired) electrons. The van der Waals surface area contributed by atoms with Gasteiger partial charge in [0.15, 0.2) is 15.7 Å². The molecule has 2 aliphatic rings. The van der Waals surface area contributed by atoms with Crippen LogP contribution in [0.2, 0.25) is 0 Å². The lowest BCUT2D eigenvalue weighted by molar-refractivity contribution is -0.136. The summed E-state index contributed by atoms with van der Waals surface area (Å²) in [6, 6.07) is 0.0142. The lowest BCUT2D eigenvalue weighted by atomic mass is 10.1. The Balaban J connectivity index is 1.55. The van der Waals surface area contributed by atoms with Gasteiger partial charge < -0.3 is 9.42 Å². The van der Waals surface area contributed by atoms with Crippen molar-refractivity contribution in [3.8, 4) is 0 Å².